The van der Waals surface area contributed by atoms with Crippen molar-refractivity contribution in [1.82, 2.24) is 0 Å². The summed E-state index contributed by atoms with van der Waals surface area (Å²) in [7, 11) is 3.01. The van der Waals surface area contributed by atoms with Crippen molar-refractivity contribution >= 4 is 11.9 Å². The van der Waals surface area contributed by atoms with Crippen LogP contribution in [0.4, 0.5) is 0 Å². The number of methoxy groups -OCH3 is 2. The van der Waals surface area contributed by atoms with Crippen LogP contribution in [0.2, 0.25) is 0 Å². The van der Waals surface area contributed by atoms with E-state index in [2.05, 4.69) is 24.3 Å². The summed E-state index contributed by atoms with van der Waals surface area (Å²) in [5, 5.41) is 0. The lowest BCUT2D eigenvalue weighted by Crippen LogP contribution is -2.89. The van der Waals surface area contributed by atoms with Gasteiger partial charge in [-0.25, -0.2) is 0 Å². The molecule has 0 N–H and O–H groups in total. The normalized spacial score (nSPS) is 43.9. The fourth-order valence-electron chi connectivity index (χ4n) is 8.62. The van der Waals surface area contributed by atoms with Crippen LogP contribution >= 0.6 is 0 Å². The van der Waals surface area contributed by atoms with Crippen molar-refractivity contribution in [3.05, 3.63) is 70.8 Å². The van der Waals surface area contributed by atoms with Crippen molar-refractivity contribution < 1.29 is 19.1 Å². The lowest BCUT2D eigenvalue weighted by molar-refractivity contribution is -0.309. The van der Waals surface area contributed by atoms with Gasteiger partial charge in [-0.3, -0.25) is 9.59 Å². The Labute approximate surface area is 162 Å². The molecule has 4 heteroatoms. The second-order valence-corrected chi connectivity index (χ2v) is 9.06. The van der Waals surface area contributed by atoms with Gasteiger partial charge in [0.2, 0.25) is 0 Å². The SMILES string of the molecule is COC(=O)[C@]12c3ccccc3[C@H]3C4C1C1C4[C@]3(C(=O)OC)c3ccccc3[C@H]12. The molecule has 0 saturated heterocycles. The van der Waals surface area contributed by atoms with Crippen molar-refractivity contribution in [3.63, 3.8) is 0 Å². The van der Waals surface area contributed by atoms with Crippen LogP contribution in [0.15, 0.2) is 48.5 Å². The maximum Gasteiger partial charge on any atom is 0.317 e. The molecule has 0 radical (unpaired) electrons. The summed E-state index contributed by atoms with van der Waals surface area (Å²) in [6.07, 6.45) is 0. The second-order valence-electron chi connectivity index (χ2n) is 9.06. The van der Waals surface area contributed by atoms with Crippen molar-refractivity contribution in [2.75, 3.05) is 14.2 Å². The summed E-state index contributed by atoms with van der Waals surface area (Å²) in [4.78, 5) is 26.7. The number of carbonyl (C=O) groups excluding carboxylic acids is 2. The van der Waals surface area contributed by atoms with Crippen LogP contribution in [-0.2, 0) is 29.9 Å². The van der Waals surface area contributed by atoms with E-state index in [0.717, 1.165) is 22.3 Å². The number of rotatable bonds is 2. The molecule has 0 aromatic heterocycles. The summed E-state index contributed by atoms with van der Waals surface area (Å²) in [5.41, 5.74) is 3.24. The molecule has 5 aliphatic rings. The van der Waals surface area contributed by atoms with E-state index >= 15 is 0 Å². The molecule has 4 nitrogen and oxygen atoms in total. The lowest BCUT2D eigenvalue weighted by Gasteiger charge is -2.88. The van der Waals surface area contributed by atoms with Gasteiger partial charge in [0.15, 0.2) is 0 Å². The molecule has 0 spiro atoms. The highest BCUT2D eigenvalue weighted by Gasteiger charge is 2.93. The zero-order chi connectivity index (χ0) is 19.0. The highest BCUT2D eigenvalue weighted by atomic mass is 16.5. The predicted octanol–water partition coefficient (Wildman–Crippen LogP) is 2.91. The quantitative estimate of drug-likeness (QED) is 0.761. The first-order chi connectivity index (χ1) is 13.7. The van der Waals surface area contributed by atoms with Crippen molar-refractivity contribution in [2.45, 2.75) is 22.7 Å². The summed E-state index contributed by atoms with van der Waals surface area (Å²) in [6.45, 7) is 0. The maximum atomic E-state index is 13.4. The molecule has 8 atom stereocenters. The molecule has 3 fully saturated rings. The molecule has 3 saturated carbocycles. The van der Waals surface area contributed by atoms with Gasteiger partial charge in [-0.1, -0.05) is 48.5 Å². The van der Waals surface area contributed by atoms with Gasteiger partial charge < -0.3 is 9.47 Å². The van der Waals surface area contributed by atoms with Gasteiger partial charge in [-0.15, -0.1) is 0 Å². The van der Waals surface area contributed by atoms with E-state index in [4.69, 9.17) is 9.47 Å². The van der Waals surface area contributed by atoms with Crippen molar-refractivity contribution in [3.8, 4) is 0 Å². The average molecular weight is 372 g/mol. The van der Waals surface area contributed by atoms with E-state index in [9.17, 15) is 9.59 Å². The van der Waals surface area contributed by atoms with E-state index in [1.807, 2.05) is 24.3 Å². The van der Waals surface area contributed by atoms with Crippen LogP contribution in [0.25, 0.3) is 0 Å². The Morgan fingerprint density at radius 2 is 1.11 bits per heavy atom. The zero-order valence-electron chi connectivity index (χ0n) is 15.7. The number of hydrogen-bond donors (Lipinski definition) is 0. The van der Waals surface area contributed by atoms with Crippen LogP contribution in [0.1, 0.15) is 34.1 Å². The van der Waals surface area contributed by atoms with Crippen LogP contribution in [0.5, 0.6) is 0 Å². The Bertz CT molecular complexity index is 1010. The Balaban J connectivity index is 1.63. The second kappa shape index (κ2) is 4.35. The first-order valence-electron chi connectivity index (χ1n) is 10.0. The number of fused-ring (bicyclic) bond motifs is 8. The van der Waals surface area contributed by atoms with E-state index in [0.29, 0.717) is 11.8 Å². The Morgan fingerprint density at radius 1 is 0.714 bits per heavy atom. The molecular formula is C24H20O4. The minimum atomic E-state index is -0.605. The highest BCUT2D eigenvalue weighted by Crippen LogP contribution is 2.92. The summed E-state index contributed by atoms with van der Waals surface area (Å²) < 4.78 is 10.8. The monoisotopic (exact) mass is 372 g/mol. The van der Waals surface area contributed by atoms with Gasteiger partial charge in [0, 0.05) is 11.8 Å². The first kappa shape index (κ1) is 15.3. The number of carbonyl (C=O) groups is 2. The average Bonchev–Trinajstić information content (AvgIpc) is 2.69. The number of esters is 2. The van der Waals surface area contributed by atoms with Gasteiger partial charge in [0.1, 0.15) is 10.8 Å². The fraction of sp³-hybridized carbons (Fsp3) is 0.417. The summed E-state index contributed by atoms with van der Waals surface area (Å²) >= 11 is 0. The maximum absolute atomic E-state index is 13.4. The van der Waals surface area contributed by atoms with Gasteiger partial charge in [-0.05, 0) is 45.9 Å². The van der Waals surface area contributed by atoms with Gasteiger partial charge in [-0.2, -0.15) is 0 Å². The Hall–Kier alpha value is -2.62. The molecule has 0 aliphatic heterocycles. The van der Waals surface area contributed by atoms with Gasteiger partial charge in [0.05, 0.1) is 14.2 Å². The van der Waals surface area contributed by atoms with Crippen molar-refractivity contribution in [2.24, 2.45) is 23.7 Å². The summed E-state index contributed by atoms with van der Waals surface area (Å²) in [5.74, 6) is 1.23. The van der Waals surface area contributed by atoms with Crippen LogP contribution in [-0.4, -0.2) is 26.2 Å². The molecule has 5 aliphatic carbocycles. The zero-order valence-corrected chi connectivity index (χ0v) is 15.7. The molecule has 0 amide bonds. The molecule has 4 unspecified atom stereocenters. The molecule has 28 heavy (non-hydrogen) atoms. The Morgan fingerprint density at radius 3 is 1.50 bits per heavy atom. The number of hydrogen-bond acceptors (Lipinski definition) is 4. The van der Waals surface area contributed by atoms with Crippen molar-refractivity contribution in [1.29, 1.82) is 0 Å². The molecule has 7 rings (SSSR count). The first-order valence-corrected chi connectivity index (χ1v) is 10.0. The van der Waals surface area contributed by atoms with E-state index in [1.54, 1.807) is 0 Å². The topological polar surface area (TPSA) is 52.6 Å². The molecule has 140 valence electrons. The standard InChI is InChI=1S/C24H20O4/c1-27-21(25)23-13-9-5-3-7-11(13)18-16-19(23)15-17(23)12-8-4-6-10-14(12)24(18,20(15)16)22(26)28-2/h3-10,15-20H,1-2H3/t15?,16?,17-,18+,19?,20?,23-,24-/m0/s1. The molecule has 0 heterocycles. The van der Waals surface area contributed by atoms with Gasteiger partial charge in [0.25, 0.3) is 0 Å². The van der Waals surface area contributed by atoms with E-state index in [1.165, 1.54) is 14.2 Å². The fourth-order valence-corrected chi connectivity index (χ4v) is 8.62. The van der Waals surface area contributed by atoms with Crippen LogP contribution in [0.3, 0.4) is 0 Å². The molecular weight excluding hydrogens is 352 g/mol. The number of ether oxygens (including phenoxy) is 2. The minimum Gasteiger partial charge on any atom is -0.468 e. The molecule has 2 aromatic carbocycles. The van der Waals surface area contributed by atoms with Gasteiger partial charge >= 0.3 is 11.9 Å². The number of benzene rings is 2. The van der Waals surface area contributed by atoms with Crippen LogP contribution in [0, 0.1) is 23.7 Å². The smallest absolute Gasteiger partial charge is 0.317 e. The van der Waals surface area contributed by atoms with E-state index < -0.39 is 10.8 Å². The highest BCUT2D eigenvalue weighted by molar-refractivity contribution is 5.97. The van der Waals surface area contributed by atoms with Crippen LogP contribution < -0.4 is 0 Å². The third-order valence-corrected chi connectivity index (χ3v) is 8.99. The minimum absolute atomic E-state index is 0.0857. The third kappa shape index (κ3) is 1.10. The molecule has 2 aromatic rings. The largest absolute Gasteiger partial charge is 0.468 e. The third-order valence-electron chi connectivity index (χ3n) is 8.99. The Kier molecular flexibility index (Phi) is 2.38. The lowest BCUT2D eigenvalue weighted by atomic mass is 9.13. The molecule has 0 bridgehead atoms. The van der Waals surface area contributed by atoms with E-state index in [-0.39, 0.29) is 35.6 Å². The predicted molar refractivity (Wildman–Crippen MR) is 99.7 cm³/mol. The summed E-state index contributed by atoms with van der Waals surface area (Å²) in [6, 6.07) is 16.5.